The van der Waals surface area contributed by atoms with Crippen LogP contribution in [0.4, 0.5) is 0 Å². The van der Waals surface area contributed by atoms with E-state index in [1.165, 1.54) is 4.88 Å². The van der Waals surface area contributed by atoms with Crippen LogP contribution in [0.2, 0.25) is 0 Å². The van der Waals surface area contributed by atoms with Crippen LogP contribution in [0.3, 0.4) is 0 Å². The molecule has 2 heterocycles. The Morgan fingerprint density at radius 2 is 2.36 bits per heavy atom. The highest BCUT2D eigenvalue weighted by Crippen LogP contribution is 2.27. The summed E-state index contributed by atoms with van der Waals surface area (Å²) in [5.74, 6) is 0.992. The van der Waals surface area contributed by atoms with Crippen molar-refractivity contribution in [1.82, 2.24) is 0 Å². The van der Waals surface area contributed by atoms with Crippen LogP contribution in [0, 0.1) is 0 Å². The van der Waals surface area contributed by atoms with Gasteiger partial charge in [0.25, 0.3) is 0 Å². The molecular formula is C11H13NOS. The molecule has 0 aliphatic rings. The number of rotatable bonds is 3. The van der Waals surface area contributed by atoms with Gasteiger partial charge in [0.1, 0.15) is 5.76 Å². The van der Waals surface area contributed by atoms with Crippen LogP contribution >= 0.6 is 11.3 Å². The van der Waals surface area contributed by atoms with Gasteiger partial charge in [0.2, 0.25) is 0 Å². The summed E-state index contributed by atoms with van der Waals surface area (Å²) in [7, 11) is 0. The van der Waals surface area contributed by atoms with Crippen LogP contribution in [0.1, 0.15) is 29.2 Å². The first kappa shape index (κ1) is 9.49. The second kappa shape index (κ2) is 3.98. The van der Waals surface area contributed by atoms with Crippen molar-refractivity contribution in [3.05, 3.63) is 46.0 Å². The fourth-order valence-corrected chi connectivity index (χ4v) is 2.28. The van der Waals surface area contributed by atoms with Gasteiger partial charge in [0.15, 0.2) is 0 Å². The van der Waals surface area contributed by atoms with Crippen molar-refractivity contribution in [2.75, 3.05) is 0 Å². The highest BCUT2D eigenvalue weighted by atomic mass is 32.1. The first-order valence-corrected chi connectivity index (χ1v) is 5.56. The van der Waals surface area contributed by atoms with E-state index < -0.39 is 0 Å². The molecule has 2 N–H and O–H groups in total. The minimum absolute atomic E-state index is 0.0382. The van der Waals surface area contributed by atoms with Crippen LogP contribution < -0.4 is 5.73 Å². The highest BCUT2D eigenvalue weighted by molar-refractivity contribution is 7.10. The third-order valence-corrected chi connectivity index (χ3v) is 3.24. The molecule has 0 aromatic carbocycles. The fourth-order valence-electron chi connectivity index (χ4n) is 1.54. The molecule has 14 heavy (non-hydrogen) atoms. The van der Waals surface area contributed by atoms with Gasteiger partial charge in [0.05, 0.1) is 12.3 Å². The summed E-state index contributed by atoms with van der Waals surface area (Å²) in [4.78, 5) is 1.18. The molecule has 1 unspecified atom stereocenters. The van der Waals surface area contributed by atoms with Gasteiger partial charge in [-0.15, -0.1) is 11.3 Å². The van der Waals surface area contributed by atoms with Gasteiger partial charge in [-0.1, -0.05) is 13.0 Å². The Balaban J connectivity index is 2.31. The van der Waals surface area contributed by atoms with E-state index in [1.54, 1.807) is 17.6 Å². The van der Waals surface area contributed by atoms with E-state index in [-0.39, 0.29) is 6.04 Å². The van der Waals surface area contributed by atoms with Gasteiger partial charge in [0, 0.05) is 16.9 Å². The molecule has 2 aromatic rings. The molecule has 0 saturated heterocycles. The molecule has 3 heteroatoms. The molecule has 0 aliphatic heterocycles. The average molecular weight is 207 g/mol. The predicted molar refractivity (Wildman–Crippen MR) is 58.4 cm³/mol. The molecular weight excluding hydrogens is 194 g/mol. The second-order valence-corrected chi connectivity index (χ2v) is 4.13. The maximum Gasteiger partial charge on any atom is 0.108 e. The van der Waals surface area contributed by atoms with Crippen LogP contribution in [-0.2, 0) is 6.42 Å². The Labute approximate surface area is 87.4 Å². The summed E-state index contributed by atoms with van der Waals surface area (Å²) in [6.07, 6.45) is 2.60. The predicted octanol–water partition coefficient (Wildman–Crippen LogP) is 2.95. The third-order valence-electron chi connectivity index (χ3n) is 2.29. The Kier molecular flexibility index (Phi) is 2.70. The lowest BCUT2D eigenvalue weighted by Crippen LogP contribution is -2.10. The van der Waals surface area contributed by atoms with E-state index in [9.17, 15) is 0 Å². The molecule has 0 aliphatic carbocycles. The van der Waals surface area contributed by atoms with E-state index in [4.69, 9.17) is 10.2 Å². The van der Waals surface area contributed by atoms with Gasteiger partial charge in [-0.3, -0.25) is 0 Å². The van der Waals surface area contributed by atoms with Crippen LogP contribution in [-0.4, -0.2) is 0 Å². The van der Waals surface area contributed by atoms with Crippen molar-refractivity contribution in [3.63, 3.8) is 0 Å². The summed E-state index contributed by atoms with van der Waals surface area (Å²) in [6.45, 7) is 2.07. The zero-order chi connectivity index (χ0) is 9.97. The van der Waals surface area contributed by atoms with Crippen molar-refractivity contribution < 1.29 is 4.42 Å². The van der Waals surface area contributed by atoms with E-state index in [2.05, 4.69) is 13.0 Å². The standard InChI is InChI=1S/C11H13NOS/c1-2-9-8(5-6-13-9)11(12)10-4-3-7-14-10/h3-7,11H,2,12H2,1H3. The fraction of sp³-hybridized carbons (Fsp3) is 0.273. The number of aryl methyl sites for hydroxylation is 1. The lowest BCUT2D eigenvalue weighted by molar-refractivity contribution is 0.509. The highest BCUT2D eigenvalue weighted by Gasteiger charge is 2.15. The van der Waals surface area contributed by atoms with Gasteiger partial charge in [-0.25, -0.2) is 0 Å². The Bertz CT molecular complexity index is 391. The topological polar surface area (TPSA) is 39.2 Å². The molecule has 2 rings (SSSR count). The van der Waals surface area contributed by atoms with E-state index in [0.29, 0.717) is 0 Å². The van der Waals surface area contributed by atoms with E-state index >= 15 is 0 Å². The minimum atomic E-state index is -0.0382. The molecule has 0 fully saturated rings. The molecule has 0 bridgehead atoms. The zero-order valence-electron chi connectivity index (χ0n) is 8.07. The van der Waals surface area contributed by atoms with E-state index in [1.807, 2.05) is 17.5 Å². The number of nitrogens with two attached hydrogens (primary N) is 1. The molecule has 1 atom stereocenters. The maximum atomic E-state index is 6.13. The van der Waals surface area contributed by atoms with Gasteiger partial charge >= 0.3 is 0 Å². The average Bonchev–Trinajstić information content (AvgIpc) is 2.87. The Morgan fingerprint density at radius 1 is 1.50 bits per heavy atom. The Hall–Kier alpha value is -1.06. The van der Waals surface area contributed by atoms with E-state index in [0.717, 1.165) is 17.7 Å². The molecule has 0 amide bonds. The number of thiophene rings is 1. The second-order valence-electron chi connectivity index (χ2n) is 3.15. The summed E-state index contributed by atoms with van der Waals surface area (Å²) in [5.41, 5.74) is 7.24. The molecule has 2 nitrogen and oxygen atoms in total. The monoisotopic (exact) mass is 207 g/mol. The van der Waals surface area contributed by atoms with Gasteiger partial charge < -0.3 is 10.2 Å². The maximum absolute atomic E-state index is 6.13. The molecule has 0 spiro atoms. The van der Waals surface area contributed by atoms with Crippen molar-refractivity contribution in [2.24, 2.45) is 5.73 Å². The number of hydrogen-bond donors (Lipinski definition) is 1. The SMILES string of the molecule is CCc1occc1C(N)c1cccs1. The van der Waals surface area contributed by atoms with Crippen LogP contribution in [0.5, 0.6) is 0 Å². The minimum Gasteiger partial charge on any atom is -0.469 e. The van der Waals surface area contributed by atoms with Crippen molar-refractivity contribution in [3.8, 4) is 0 Å². The number of furan rings is 1. The normalized spacial score (nSPS) is 13.0. The Morgan fingerprint density at radius 3 is 3.00 bits per heavy atom. The molecule has 0 radical (unpaired) electrons. The van der Waals surface area contributed by atoms with Crippen LogP contribution in [0.25, 0.3) is 0 Å². The molecule has 74 valence electrons. The van der Waals surface area contributed by atoms with Crippen molar-refractivity contribution >= 4 is 11.3 Å². The first-order chi connectivity index (χ1) is 6.83. The van der Waals surface area contributed by atoms with Crippen LogP contribution in [0.15, 0.2) is 34.3 Å². The zero-order valence-corrected chi connectivity index (χ0v) is 8.88. The summed E-state index contributed by atoms with van der Waals surface area (Å²) in [5, 5.41) is 2.04. The lowest BCUT2D eigenvalue weighted by atomic mass is 10.1. The van der Waals surface area contributed by atoms with Crippen molar-refractivity contribution in [2.45, 2.75) is 19.4 Å². The lowest BCUT2D eigenvalue weighted by Gasteiger charge is -2.08. The molecule has 2 aromatic heterocycles. The van der Waals surface area contributed by atoms with Gasteiger partial charge in [-0.05, 0) is 17.5 Å². The summed E-state index contributed by atoms with van der Waals surface area (Å²) >= 11 is 1.68. The van der Waals surface area contributed by atoms with Gasteiger partial charge in [-0.2, -0.15) is 0 Å². The summed E-state index contributed by atoms with van der Waals surface area (Å²) < 4.78 is 5.36. The number of hydrogen-bond acceptors (Lipinski definition) is 3. The molecule has 0 saturated carbocycles. The largest absolute Gasteiger partial charge is 0.469 e. The first-order valence-electron chi connectivity index (χ1n) is 4.68. The quantitative estimate of drug-likeness (QED) is 0.840. The summed E-state index contributed by atoms with van der Waals surface area (Å²) in [6, 6.07) is 6.00. The smallest absolute Gasteiger partial charge is 0.108 e. The van der Waals surface area contributed by atoms with Crippen molar-refractivity contribution in [1.29, 1.82) is 0 Å². The third kappa shape index (κ3) is 1.61.